The van der Waals surface area contributed by atoms with Crippen LogP contribution >= 0.6 is 22.9 Å². The third-order valence-corrected chi connectivity index (χ3v) is 5.53. The van der Waals surface area contributed by atoms with Gasteiger partial charge in [-0.05, 0) is 12.0 Å². The first-order valence-electron chi connectivity index (χ1n) is 8.86. The fraction of sp³-hybridized carbons (Fsp3) is 0.474. The van der Waals surface area contributed by atoms with Gasteiger partial charge in [0.2, 0.25) is 0 Å². The lowest BCUT2D eigenvalue weighted by Crippen LogP contribution is -2.48. The third-order valence-electron chi connectivity index (χ3n) is 4.17. The molecule has 0 spiro atoms. The van der Waals surface area contributed by atoms with Gasteiger partial charge >= 0.3 is 0 Å². The standard InChI is InChI=1S/C19H24ClN3O2S/c1-13(2)11-23-7-8-25-14(12-23)9-21-18(24)17-10-22-19(26-17)15-5-3-4-6-16(15)20/h3-6,10,13-14H,7-9,11-12H2,1-2H3,(H,21,24). The molecule has 0 aliphatic carbocycles. The number of hydrogen-bond acceptors (Lipinski definition) is 5. The Morgan fingerprint density at radius 2 is 2.27 bits per heavy atom. The SMILES string of the molecule is CC(C)CN1CCOC(CNC(=O)c2cnc(-c3ccccc3Cl)s2)C1. The third kappa shape index (κ3) is 5.04. The second-order valence-corrected chi connectivity index (χ2v) is 8.30. The number of halogens is 1. The van der Waals surface area contributed by atoms with Crippen LogP contribution < -0.4 is 5.32 Å². The first-order chi connectivity index (χ1) is 12.5. The molecule has 1 aliphatic rings. The van der Waals surface area contributed by atoms with E-state index in [0.29, 0.717) is 29.0 Å². The molecule has 1 fully saturated rings. The lowest BCUT2D eigenvalue weighted by molar-refractivity contribution is -0.0295. The average molecular weight is 394 g/mol. The highest BCUT2D eigenvalue weighted by Gasteiger charge is 2.22. The average Bonchev–Trinajstić information content (AvgIpc) is 3.10. The fourth-order valence-electron chi connectivity index (χ4n) is 3.02. The monoisotopic (exact) mass is 393 g/mol. The molecule has 7 heteroatoms. The Kier molecular flexibility index (Phi) is 6.64. The predicted molar refractivity (Wildman–Crippen MR) is 106 cm³/mol. The van der Waals surface area contributed by atoms with Gasteiger partial charge in [0, 0.05) is 31.7 Å². The molecule has 0 bridgehead atoms. The zero-order chi connectivity index (χ0) is 18.5. The van der Waals surface area contributed by atoms with E-state index < -0.39 is 0 Å². The summed E-state index contributed by atoms with van der Waals surface area (Å²) < 4.78 is 5.78. The van der Waals surface area contributed by atoms with Crippen LogP contribution in [0.5, 0.6) is 0 Å². The Bertz CT molecular complexity index is 750. The van der Waals surface area contributed by atoms with Crippen molar-refractivity contribution in [1.29, 1.82) is 0 Å². The van der Waals surface area contributed by atoms with Crippen LogP contribution in [0.15, 0.2) is 30.5 Å². The molecule has 1 aromatic carbocycles. The summed E-state index contributed by atoms with van der Waals surface area (Å²) in [5, 5.41) is 4.35. The van der Waals surface area contributed by atoms with Crippen LogP contribution in [0.1, 0.15) is 23.5 Å². The number of carbonyl (C=O) groups excluding carboxylic acids is 1. The van der Waals surface area contributed by atoms with Crippen LogP contribution in [0.2, 0.25) is 5.02 Å². The fourth-order valence-corrected chi connectivity index (χ4v) is 4.17. The van der Waals surface area contributed by atoms with Crippen molar-refractivity contribution in [2.24, 2.45) is 5.92 Å². The minimum Gasteiger partial charge on any atom is -0.374 e. The number of carbonyl (C=O) groups is 1. The second kappa shape index (κ2) is 8.95. The quantitative estimate of drug-likeness (QED) is 0.815. The van der Waals surface area contributed by atoms with E-state index >= 15 is 0 Å². The predicted octanol–water partition coefficient (Wildman–Crippen LogP) is 3.55. The van der Waals surface area contributed by atoms with Crippen molar-refractivity contribution in [1.82, 2.24) is 15.2 Å². The van der Waals surface area contributed by atoms with Gasteiger partial charge in [-0.25, -0.2) is 4.98 Å². The highest BCUT2D eigenvalue weighted by Crippen LogP contribution is 2.30. The molecule has 1 atom stereocenters. The van der Waals surface area contributed by atoms with Crippen LogP contribution in [0.4, 0.5) is 0 Å². The molecule has 1 saturated heterocycles. The molecule has 1 aliphatic heterocycles. The van der Waals surface area contributed by atoms with Gasteiger partial charge in [-0.15, -0.1) is 11.3 Å². The lowest BCUT2D eigenvalue weighted by Gasteiger charge is -2.33. The van der Waals surface area contributed by atoms with Crippen LogP contribution in [-0.4, -0.2) is 54.7 Å². The molecule has 1 aromatic heterocycles. The second-order valence-electron chi connectivity index (χ2n) is 6.87. The molecule has 2 heterocycles. The van der Waals surface area contributed by atoms with Crippen molar-refractivity contribution in [3.8, 4) is 10.6 Å². The zero-order valence-corrected chi connectivity index (χ0v) is 16.6. The van der Waals surface area contributed by atoms with Crippen molar-refractivity contribution in [2.45, 2.75) is 20.0 Å². The van der Waals surface area contributed by atoms with E-state index in [1.165, 1.54) is 11.3 Å². The lowest BCUT2D eigenvalue weighted by atomic mass is 10.2. The number of thiazole rings is 1. The van der Waals surface area contributed by atoms with Crippen LogP contribution in [-0.2, 0) is 4.74 Å². The molecule has 26 heavy (non-hydrogen) atoms. The van der Waals surface area contributed by atoms with Crippen molar-refractivity contribution in [3.05, 3.63) is 40.4 Å². The molecule has 3 rings (SSSR count). The number of aromatic nitrogens is 1. The Hall–Kier alpha value is -1.47. The van der Waals surface area contributed by atoms with Gasteiger partial charge < -0.3 is 10.1 Å². The topological polar surface area (TPSA) is 54.5 Å². The highest BCUT2D eigenvalue weighted by atomic mass is 35.5. The van der Waals surface area contributed by atoms with Crippen molar-refractivity contribution in [3.63, 3.8) is 0 Å². The molecule has 1 unspecified atom stereocenters. The van der Waals surface area contributed by atoms with Gasteiger partial charge in [0.1, 0.15) is 9.88 Å². The molecule has 140 valence electrons. The maximum absolute atomic E-state index is 12.4. The van der Waals surface area contributed by atoms with Gasteiger partial charge in [0.05, 0.1) is 23.9 Å². The Morgan fingerprint density at radius 1 is 1.46 bits per heavy atom. The minimum atomic E-state index is -0.120. The van der Waals surface area contributed by atoms with Crippen LogP contribution in [0.25, 0.3) is 10.6 Å². The van der Waals surface area contributed by atoms with E-state index in [2.05, 4.69) is 29.0 Å². The maximum atomic E-state index is 12.4. The number of morpholine rings is 1. The summed E-state index contributed by atoms with van der Waals surface area (Å²) in [6.07, 6.45) is 1.63. The summed E-state index contributed by atoms with van der Waals surface area (Å²) in [4.78, 5) is 19.7. The molecule has 0 saturated carbocycles. The van der Waals surface area contributed by atoms with Crippen molar-refractivity contribution < 1.29 is 9.53 Å². The van der Waals surface area contributed by atoms with Crippen molar-refractivity contribution >= 4 is 28.8 Å². The largest absolute Gasteiger partial charge is 0.374 e. The highest BCUT2D eigenvalue weighted by molar-refractivity contribution is 7.17. The summed E-state index contributed by atoms with van der Waals surface area (Å²) in [5.41, 5.74) is 0.846. The maximum Gasteiger partial charge on any atom is 0.263 e. The number of nitrogens with one attached hydrogen (secondary N) is 1. The number of amides is 1. The molecule has 2 aromatic rings. The number of hydrogen-bond donors (Lipinski definition) is 1. The van der Waals surface area contributed by atoms with Gasteiger partial charge in [-0.2, -0.15) is 0 Å². The van der Waals surface area contributed by atoms with E-state index in [1.54, 1.807) is 6.20 Å². The molecule has 5 nitrogen and oxygen atoms in total. The number of rotatable bonds is 6. The Labute approximate surface area is 163 Å². The van der Waals surface area contributed by atoms with Gasteiger partial charge in [-0.3, -0.25) is 9.69 Å². The normalized spacial score (nSPS) is 18.2. The van der Waals surface area contributed by atoms with E-state index in [9.17, 15) is 4.79 Å². The molecule has 0 radical (unpaired) electrons. The summed E-state index contributed by atoms with van der Waals surface area (Å²) in [7, 11) is 0. The van der Waals surface area contributed by atoms with Gasteiger partial charge in [-0.1, -0.05) is 43.6 Å². The number of nitrogens with zero attached hydrogens (tertiary/aromatic N) is 2. The van der Waals surface area contributed by atoms with Crippen LogP contribution in [0.3, 0.4) is 0 Å². The number of benzene rings is 1. The molecular weight excluding hydrogens is 370 g/mol. The first-order valence-corrected chi connectivity index (χ1v) is 10.0. The van der Waals surface area contributed by atoms with Crippen LogP contribution in [0, 0.1) is 5.92 Å². The summed E-state index contributed by atoms with van der Waals surface area (Å²) in [5.74, 6) is 0.508. The van der Waals surface area contributed by atoms with E-state index in [1.807, 2.05) is 24.3 Å². The minimum absolute atomic E-state index is 0.0300. The summed E-state index contributed by atoms with van der Waals surface area (Å²) >= 11 is 7.55. The smallest absolute Gasteiger partial charge is 0.263 e. The zero-order valence-electron chi connectivity index (χ0n) is 15.1. The van der Waals surface area contributed by atoms with Gasteiger partial charge in [0.15, 0.2) is 0 Å². The van der Waals surface area contributed by atoms with Crippen molar-refractivity contribution in [2.75, 3.05) is 32.8 Å². The Morgan fingerprint density at radius 3 is 3.04 bits per heavy atom. The van der Waals surface area contributed by atoms with E-state index in [-0.39, 0.29) is 12.0 Å². The molecular formula is C19H24ClN3O2S. The molecule has 1 amide bonds. The van der Waals surface area contributed by atoms with E-state index in [0.717, 1.165) is 30.2 Å². The van der Waals surface area contributed by atoms with E-state index in [4.69, 9.17) is 16.3 Å². The molecule has 1 N–H and O–H groups in total. The number of ether oxygens (including phenoxy) is 1. The Balaban J connectivity index is 1.55. The van der Waals surface area contributed by atoms with Gasteiger partial charge in [0.25, 0.3) is 5.91 Å². The first kappa shape index (κ1) is 19.3. The summed E-state index contributed by atoms with van der Waals surface area (Å²) in [6, 6.07) is 7.51. The summed E-state index contributed by atoms with van der Waals surface area (Å²) in [6.45, 7) is 8.52.